The summed E-state index contributed by atoms with van der Waals surface area (Å²) in [6.45, 7) is 2.76. The molecule has 5 heteroatoms. The minimum Gasteiger partial charge on any atom is -0.382 e. The third kappa shape index (κ3) is 8.51. The molecule has 1 amide bonds. The maximum Gasteiger partial charge on any atom is 0.220 e. The second-order valence-electron chi connectivity index (χ2n) is 5.66. The van der Waals surface area contributed by atoms with Gasteiger partial charge in [-0.05, 0) is 38.0 Å². The van der Waals surface area contributed by atoms with Gasteiger partial charge in [0.15, 0.2) is 0 Å². The summed E-state index contributed by atoms with van der Waals surface area (Å²) in [5, 5.41) is 2.99. The first-order valence-corrected chi connectivity index (χ1v) is 7.81. The molecule has 1 aliphatic carbocycles. The lowest BCUT2D eigenvalue weighted by Crippen LogP contribution is -2.32. The standard InChI is InChI=1S/C15H30N2O3/c1-19-9-10-20-8-3-2-7-17-15(18)12-13-5-4-6-14(16)11-13/h13-14H,2-12,16H2,1H3,(H,17,18). The molecule has 0 heterocycles. The lowest BCUT2D eigenvalue weighted by atomic mass is 9.84. The highest BCUT2D eigenvalue weighted by Crippen LogP contribution is 2.25. The minimum atomic E-state index is 0.171. The van der Waals surface area contributed by atoms with E-state index in [1.54, 1.807) is 7.11 Å². The number of amides is 1. The van der Waals surface area contributed by atoms with Crippen molar-refractivity contribution in [2.75, 3.05) is 33.5 Å². The van der Waals surface area contributed by atoms with Crippen LogP contribution in [0.4, 0.5) is 0 Å². The van der Waals surface area contributed by atoms with Crippen LogP contribution in [0.2, 0.25) is 0 Å². The summed E-state index contributed by atoms with van der Waals surface area (Å²) in [5.41, 5.74) is 5.94. The van der Waals surface area contributed by atoms with Crippen LogP contribution < -0.4 is 11.1 Å². The normalized spacial score (nSPS) is 22.7. The smallest absolute Gasteiger partial charge is 0.220 e. The van der Waals surface area contributed by atoms with Crippen LogP contribution in [0.1, 0.15) is 44.9 Å². The minimum absolute atomic E-state index is 0.171. The number of hydrogen-bond donors (Lipinski definition) is 2. The van der Waals surface area contributed by atoms with Crippen LogP contribution in [-0.2, 0) is 14.3 Å². The third-order valence-electron chi connectivity index (χ3n) is 3.77. The number of unbranched alkanes of at least 4 members (excludes halogenated alkanes) is 1. The molecule has 0 aromatic rings. The second-order valence-corrected chi connectivity index (χ2v) is 5.66. The van der Waals surface area contributed by atoms with Gasteiger partial charge in [-0.1, -0.05) is 6.42 Å². The number of hydrogen-bond acceptors (Lipinski definition) is 4. The van der Waals surface area contributed by atoms with Crippen LogP contribution in [0, 0.1) is 5.92 Å². The Morgan fingerprint density at radius 3 is 2.85 bits per heavy atom. The molecule has 3 N–H and O–H groups in total. The van der Waals surface area contributed by atoms with Gasteiger partial charge in [0.2, 0.25) is 5.91 Å². The van der Waals surface area contributed by atoms with Crippen molar-refractivity contribution in [1.82, 2.24) is 5.32 Å². The molecule has 118 valence electrons. The van der Waals surface area contributed by atoms with Gasteiger partial charge in [-0.15, -0.1) is 0 Å². The van der Waals surface area contributed by atoms with Crippen LogP contribution in [0.25, 0.3) is 0 Å². The van der Waals surface area contributed by atoms with E-state index >= 15 is 0 Å². The zero-order chi connectivity index (χ0) is 14.6. The van der Waals surface area contributed by atoms with Gasteiger partial charge in [0.05, 0.1) is 13.2 Å². The summed E-state index contributed by atoms with van der Waals surface area (Å²) in [7, 11) is 1.66. The van der Waals surface area contributed by atoms with Crippen molar-refractivity contribution in [3.8, 4) is 0 Å². The van der Waals surface area contributed by atoms with E-state index in [1.807, 2.05) is 0 Å². The molecule has 5 nitrogen and oxygen atoms in total. The Kier molecular flexibility index (Phi) is 9.62. The summed E-state index contributed by atoms with van der Waals surface area (Å²) in [4.78, 5) is 11.8. The number of rotatable bonds is 10. The van der Waals surface area contributed by atoms with Crippen molar-refractivity contribution in [3.05, 3.63) is 0 Å². The topological polar surface area (TPSA) is 73.6 Å². The highest BCUT2D eigenvalue weighted by molar-refractivity contribution is 5.76. The molecule has 20 heavy (non-hydrogen) atoms. The molecule has 0 radical (unpaired) electrons. The number of nitrogens with one attached hydrogen (secondary N) is 1. The summed E-state index contributed by atoms with van der Waals surface area (Å²) in [5.74, 6) is 0.653. The van der Waals surface area contributed by atoms with Crippen LogP contribution in [0.5, 0.6) is 0 Å². The fourth-order valence-corrected chi connectivity index (χ4v) is 2.65. The molecule has 1 saturated carbocycles. The van der Waals surface area contributed by atoms with Crippen LogP contribution >= 0.6 is 0 Å². The fraction of sp³-hybridized carbons (Fsp3) is 0.933. The largest absolute Gasteiger partial charge is 0.382 e. The Morgan fingerprint density at radius 2 is 2.10 bits per heavy atom. The van der Waals surface area contributed by atoms with E-state index in [9.17, 15) is 4.79 Å². The monoisotopic (exact) mass is 286 g/mol. The maximum atomic E-state index is 11.8. The van der Waals surface area contributed by atoms with Crippen molar-refractivity contribution in [3.63, 3.8) is 0 Å². The molecular weight excluding hydrogens is 256 g/mol. The predicted molar refractivity (Wildman–Crippen MR) is 79.5 cm³/mol. The van der Waals surface area contributed by atoms with Gasteiger partial charge in [0.1, 0.15) is 0 Å². The molecule has 0 aliphatic heterocycles. The average molecular weight is 286 g/mol. The highest BCUT2D eigenvalue weighted by atomic mass is 16.5. The van der Waals surface area contributed by atoms with Gasteiger partial charge in [-0.25, -0.2) is 0 Å². The van der Waals surface area contributed by atoms with Crippen molar-refractivity contribution in [1.29, 1.82) is 0 Å². The third-order valence-corrected chi connectivity index (χ3v) is 3.77. The molecular formula is C15H30N2O3. The van der Waals surface area contributed by atoms with E-state index in [2.05, 4.69) is 5.32 Å². The van der Waals surface area contributed by atoms with E-state index in [1.165, 1.54) is 0 Å². The van der Waals surface area contributed by atoms with E-state index in [4.69, 9.17) is 15.2 Å². The summed E-state index contributed by atoms with van der Waals surface area (Å²) < 4.78 is 10.3. The summed E-state index contributed by atoms with van der Waals surface area (Å²) in [6, 6.07) is 0.297. The van der Waals surface area contributed by atoms with Crippen LogP contribution in [0.15, 0.2) is 0 Å². The van der Waals surface area contributed by atoms with Gasteiger partial charge in [0.25, 0.3) is 0 Å². The predicted octanol–water partition coefficient (Wildman–Crippen LogP) is 1.45. The first-order valence-electron chi connectivity index (χ1n) is 7.81. The molecule has 0 saturated heterocycles. The first kappa shape index (κ1) is 17.4. The molecule has 0 aromatic heterocycles. The number of carbonyl (C=O) groups excluding carboxylic acids is 1. The first-order chi connectivity index (χ1) is 9.72. The number of ether oxygens (including phenoxy) is 2. The van der Waals surface area contributed by atoms with Gasteiger partial charge < -0.3 is 20.5 Å². The van der Waals surface area contributed by atoms with Gasteiger partial charge in [-0.2, -0.15) is 0 Å². The van der Waals surface area contributed by atoms with Gasteiger partial charge >= 0.3 is 0 Å². The molecule has 2 unspecified atom stereocenters. The number of nitrogens with two attached hydrogens (primary N) is 1. The van der Waals surface area contributed by atoms with Crippen molar-refractivity contribution in [2.45, 2.75) is 51.0 Å². The van der Waals surface area contributed by atoms with E-state index < -0.39 is 0 Å². The number of methoxy groups -OCH3 is 1. The molecule has 2 atom stereocenters. The molecule has 1 aliphatic rings. The molecule has 1 rings (SSSR count). The molecule has 0 bridgehead atoms. The summed E-state index contributed by atoms with van der Waals surface area (Å²) >= 11 is 0. The summed E-state index contributed by atoms with van der Waals surface area (Å²) in [6.07, 6.45) is 6.99. The Morgan fingerprint density at radius 1 is 1.25 bits per heavy atom. The van der Waals surface area contributed by atoms with Crippen LogP contribution in [0.3, 0.4) is 0 Å². The Balaban J connectivity index is 1.92. The Labute approximate surface area is 122 Å². The molecule has 0 aromatic carbocycles. The van der Waals surface area contributed by atoms with E-state index in [-0.39, 0.29) is 5.91 Å². The number of carbonyl (C=O) groups is 1. The Hall–Kier alpha value is -0.650. The molecule has 0 spiro atoms. The lowest BCUT2D eigenvalue weighted by molar-refractivity contribution is -0.122. The Bertz CT molecular complexity index is 262. The van der Waals surface area contributed by atoms with Crippen molar-refractivity contribution in [2.24, 2.45) is 11.7 Å². The van der Waals surface area contributed by atoms with Gasteiger partial charge in [-0.3, -0.25) is 4.79 Å². The average Bonchev–Trinajstić information content (AvgIpc) is 2.42. The second kappa shape index (κ2) is 11.1. The zero-order valence-corrected chi connectivity index (χ0v) is 12.7. The quantitative estimate of drug-likeness (QED) is 0.596. The van der Waals surface area contributed by atoms with Crippen molar-refractivity contribution < 1.29 is 14.3 Å². The lowest BCUT2D eigenvalue weighted by Gasteiger charge is -2.26. The SMILES string of the molecule is COCCOCCCCNC(=O)CC1CCCC(N)C1. The zero-order valence-electron chi connectivity index (χ0n) is 12.7. The maximum absolute atomic E-state index is 11.8. The van der Waals surface area contributed by atoms with Crippen LogP contribution in [-0.4, -0.2) is 45.4 Å². The fourth-order valence-electron chi connectivity index (χ4n) is 2.65. The van der Waals surface area contributed by atoms with Gasteiger partial charge in [0, 0.05) is 32.7 Å². The molecule has 1 fully saturated rings. The highest BCUT2D eigenvalue weighted by Gasteiger charge is 2.21. The van der Waals surface area contributed by atoms with Crippen molar-refractivity contribution >= 4 is 5.91 Å². The van der Waals surface area contributed by atoms with E-state index in [0.717, 1.165) is 51.7 Å². The van der Waals surface area contributed by atoms with E-state index in [0.29, 0.717) is 31.6 Å².